The molecular formula is C31H23BrN2O6. The molecule has 0 heterocycles. The number of para-hydroxylation sites is 2. The average Bonchev–Trinajstić information content (AvgIpc) is 2.98. The number of rotatable bonds is 9. The third-order valence-corrected chi connectivity index (χ3v) is 5.98. The van der Waals surface area contributed by atoms with Gasteiger partial charge in [-0.3, -0.25) is 4.79 Å². The zero-order valence-electron chi connectivity index (χ0n) is 21.2. The number of hydrogen-bond acceptors (Lipinski definition) is 7. The van der Waals surface area contributed by atoms with Gasteiger partial charge in [-0.1, -0.05) is 46.3 Å². The SMILES string of the molecule is COc1ccc(C(=O)Oc2ccccc2/C=C/C(=O)Oc2ccccc2/C=N/NC(=O)c2ccc(Br)cc2)cc1. The Balaban J connectivity index is 1.39. The normalized spacial score (nSPS) is 10.8. The summed E-state index contributed by atoms with van der Waals surface area (Å²) in [5, 5.41) is 3.97. The molecule has 0 aromatic heterocycles. The van der Waals surface area contributed by atoms with Gasteiger partial charge in [-0.15, -0.1) is 0 Å². The quantitative estimate of drug-likeness (QED) is 0.0825. The minimum atomic E-state index is -0.656. The van der Waals surface area contributed by atoms with Crippen molar-refractivity contribution in [1.82, 2.24) is 5.43 Å². The number of esters is 2. The van der Waals surface area contributed by atoms with E-state index in [0.29, 0.717) is 28.0 Å². The molecule has 0 saturated heterocycles. The Hall–Kier alpha value is -5.02. The van der Waals surface area contributed by atoms with Gasteiger partial charge in [0.05, 0.1) is 18.9 Å². The van der Waals surface area contributed by atoms with Gasteiger partial charge in [-0.25, -0.2) is 15.0 Å². The molecule has 0 unspecified atom stereocenters. The van der Waals surface area contributed by atoms with Crippen LogP contribution in [0, 0.1) is 0 Å². The maximum absolute atomic E-state index is 12.6. The van der Waals surface area contributed by atoms with E-state index >= 15 is 0 Å². The molecule has 4 aromatic carbocycles. The van der Waals surface area contributed by atoms with Gasteiger partial charge in [-0.2, -0.15) is 5.10 Å². The second-order valence-corrected chi connectivity index (χ2v) is 9.07. The van der Waals surface area contributed by atoms with Gasteiger partial charge in [0.25, 0.3) is 5.91 Å². The first-order valence-electron chi connectivity index (χ1n) is 12.0. The van der Waals surface area contributed by atoms with Gasteiger partial charge in [0.1, 0.15) is 17.2 Å². The van der Waals surface area contributed by atoms with Crippen LogP contribution < -0.4 is 19.6 Å². The lowest BCUT2D eigenvalue weighted by atomic mass is 10.1. The third-order valence-electron chi connectivity index (χ3n) is 5.45. The van der Waals surface area contributed by atoms with Crippen LogP contribution in [-0.2, 0) is 4.79 Å². The van der Waals surface area contributed by atoms with Gasteiger partial charge in [0.2, 0.25) is 0 Å². The van der Waals surface area contributed by atoms with E-state index in [4.69, 9.17) is 14.2 Å². The lowest BCUT2D eigenvalue weighted by Crippen LogP contribution is -2.17. The van der Waals surface area contributed by atoms with Crippen molar-refractivity contribution in [3.63, 3.8) is 0 Å². The van der Waals surface area contributed by atoms with E-state index in [9.17, 15) is 14.4 Å². The Bertz CT molecular complexity index is 1560. The van der Waals surface area contributed by atoms with Gasteiger partial charge in [-0.05, 0) is 72.8 Å². The number of hydrogen-bond donors (Lipinski definition) is 1. The molecule has 4 aromatic rings. The van der Waals surface area contributed by atoms with Crippen LogP contribution in [0.4, 0.5) is 0 Å². The summed E-state index contributed by atoms with van der Waals surface area (Å²) in [7, 11) is 1.54. The van der Waals surface area contributed by atoms with Crippen molar-refractivity contribution < 1.29 is 28.6 Å². The molecule has 0 bridgehead atoms. The number of methoxy groups -OCH3 is 1. The molecule has 4 rings (SSSR count). The van der Waals surface area contributed by atoms with Crippen LogP contribution in [0.25, 0.3) is 6.08 Å². The minimum Gasteiger partial charge on any atom is -0.497 e. The number of carbonyl (C=O) groups excluding carboxylic acids is 3. The van der Waals surface area contributed by atoms with Gasteiger partial charge < -0.3 is 14.2 Å². The number of amides is 1. The monoisotopic (exact) mass is 598 g/mol. The highest BCUT2D eigenvalue weighted by Gasteiger charge is 2.12. The number of carbonyl (C=O) groups is 3. The summed E-state index contributed by atoms with van der Waals surface area (Å²) in [5.74, 6) is -0.439. The first-order chi connectivity index (χ1) is 19.4. The van der Waals surface area contributed by atoms with Crippen LogP contribution >= 0.6 is 15.9 Å². The third kappa shape index (κ3) is 7.75. The molecule has 0 atom stereocenters. The van der Waals surface area contributed by atoms with Crippen molar-refractivity contribution in [2.45, 2.75) is 0 Å². The molecule has 40 heavy (non-hydrogen) atoms. The lowest BCUT2D eigenvalue weighted by Gasteiger charge is -2.08. The zero-order valence-corrected chi connectivity index (χ0v) is 22.8. The maximum Gasteiger partial charge on any atom is 0.343 e. The van der Waals surface area contributed by atoms with Crippen LogP contribution in [0.2, 0.25) is 0 Å². The van der Waals surface area contributed by atoms with Crippen molar-refractivity contribution in [2.24, 2.45) is 5.10 Å². The second-order valence-electron chi connectivity index (χ2n) is 8.15. The van der Waals surface area contributed by atoms with Crippen molar-refractivity contribution in [3.05, 3.63) is 130 Å². The summed E-state index contributed by atoms with van der Waals surface area (Å²) in [5.41, 5.74) is 4.23. The van der Waals surface area contributed by atoms with E-state index in [2.05, 4.69) is 26.5 Å². The van der Waals surface area contributed by atoms with Crippen LogP contribution in [0.5, 0.6) is 17.2 Å². The summed E-state index contributed by atoms with van der Waals surface area (Å²) in [4.78, 5) is 37.4. The highest BCUT2D eigenvalue weighted by Crippen LogP contribution is 2.22. The fourth-order valence-corrected chi connectivity index (χ4v) is 3.67. The standard InChI is InChI=1S/C31H23BrN2O6/c1-38-26-17-12-23(13-18-26)31(37)40-27-8-4-2-6-21(27)14-19-29(35)39-28-9-5-3-7-24(28)20-33-34-30(36)22-10-15-25(32)16-11-22/h2-20H,1H3,(H,34,36)/b19-14+,33-20+. The summed E-state index contributed by atoms with van der Waals surface area (Å²) in [6.07, 6.45) is 4.11. The Kier molecular flexibility index (Phi) is 9.58. The van der Waals surface area contributed by atoms with E-state index in [0.717, 1.165) is 4.47 Å². The van der Waals surface area contributed by atoms with Crippen molar-refractivity contribution in [1.29, 1.82) is 0 Å². The Morgan fingerprint density at radius 1 is 0.750 bits per heavy atom. The minimum absolute atomic E-state index is 0.248. The molecule has 9 heteroatoms. The van der Waals surface area contributed by atoms with Crippen LogP contribution in [0.1, 0.15) is 31.8 Å². The van der Waals surface area contributed by atoms with E-state index in [1.807, 2.05) is 0 Å². The van der Waals surface area contributed by atoms with Crippen LogP contribution in [0.3, 0.4) is 0 Å². The molecule has 0 radical (unpaired) electrons. The highest BCUT2D eigenvalue weighted by molar-refractivity contribution is 9.10. The predicted octanol–water partition coefficient (Wildman–Crippen LogP) is 6.06. The molecule has 0 aliphatic rings. The first kappa shape index (κ1) is 28.0. The van der Waals surface area contributed by atoms with Crippen molar-refractivity contribution in [2.75, 3.05) is 7.11 Å². The van der Waals surface area contributed by atoms with Crippen molar-refractivity contribution in [3.8, 4) is 17.2 Å². The smallest absolute Gasteiger partial charge is 0.343 e. The Morgan fingerprint density at radius 2 is 1.35 bits per heavy atom. The number of nitrogens with zero attached hydrogens (tertiary/aromatic N) is 1. The second kappa shape index (κ2) is 13.7. The summed E-state index contributed by atoms with van der Waals surface area (Å²) >= 11 is 3.32. The molecular weight excluding hydrogens is 576 g/mol. The molecule has 1 N–H and O–H groups in total. The fourth-order valence-electron chi connectivity index (χ4n) is 3.40. The van der Waals surface area contributed by atoms with E-state index in [-0.39, 0.29) is 17.4 Å². The average molecular weight is 599 g/mol. The van der Waals surface area contributed by atoms with Gasteiger partial charge >= 0.3 is 11.9 Å². The van der Waals surface area contributed by atoms with Crippen molar-refractivity contribution >= 4 is 46.1 Å². The molecule has 0 aliphatic heterocycles. The number of nitrogens with one attached hydrogen (secondary N) is 1. The molecule has 0 spiro atoms. The van der Waals surface area contributed by atoms with Crippen LogP contribution in [-0.4, -0.2) is 31.2 Å². The topological polar surface area (TPSA) is 103 Å². The lowest BCUT2D eigenvalue weighted by molar-refractivity contribution is -0.128. The highest BCUT2D eigenvalue weighted by atomic mass is 79.9. The first-order valence-corrected chi connectivity index (χ1v) is 12.8. The number of benzene rings is 4. The number of halogens is 1. The van der Waals surface area contributed by atoms with Gasteiger partial charge in [0, 0.05) is 27.2 Å². The molecule has 0 fully saturated rings. The van der Waals surface area contributed by atoms with Crippen LogP contribution in [0.15, 0.2) is 113 Å². The van der Waals surface area contributed by atoms with E-state index in [1.54, 1.807) is 104 Å². The molecule has 8 nitrogen and oxygen atoms in total. The van der Waals surface area contributed by atoms with E-state index < -0.39 is 11.9 Å². The maximum atomic E-state index is 12.6. The number of hydrazone groups is 1. The molecule has 200 valence electrons. The van der Waals surface area contributed by atoms with Gasteiger partial charge in [0.15, 0.2) is 0 Å². The predicted molar refractivity (Wildman–Crippen MR) is 155 cm³/mol. The number of ether oxygens (including phenoxy) is 3. The summed E-state index contributed by atoms with van der Waals surface area (Å²) in [6, 6.07) is 26.9. The summed E-state index contributed by atoms with van der Waals surface area (Å²) < 4.78 is 17.0. The van der Waals surface area contributed by atoms with E-state index in [1.165, 1.54) is 18.4 Å². The summed E-state index contributed by atoms with van der Waals surface area (Å²) in [6.45, 7) is 0. The molecule has 0 saturated carbocycles. The fraction of sp³-hybridized carbons (Fsp3) is 0.0323. The Morgan fingerprint density at radius 3 is 2.02 bits per heavy atom. The molecule has 0 aliphatic carbocycles. The zero-order chi connectivity index (χ0) is 28.3. The Labute approximate surface area is 239 Å². The largest absolute Gasteiger partial charge is 0.497 e. The molecule has 1 amide bonds.